The van der Waals surface area contributed by atoms with Crippen LogP contribution >= 0.6 is 0 Å². The van der Waals surface area contributed by atoms with E-state index in [0.717, 1.165) is 17.8 Å². The fraction of sp³-hybridized carbons (Fsp3) is 0.462. The van der Waals surface area contributed by atoms with E-state index in [4.69, 9.17) is 5.26 Å². The Morgan fingerprint density at radius 3 is 2.69 bits per heavy atom. The molecule has 86 valence electrons. The Morgan fingerprint density at radius 2 is 2.12 bits per heavy atom. The molecule has 0 aliphatic rings. The molecule has 0 aliphatic carbocycles. The average Bonchev–Trinajstić information content (AvgIpc) is 2.26. The normalized spacial score (nSPS) is 12.2. The number of rotatable bonds is 4. The molecule has 1 rings (SSSR count). The SMILES string of the molecule is Cc1ccc(NCC(C)N(C)C)c(C#N)c1. The van der Waals surface area contributed by atoms with Gasteiger partial charge in [0.2, 0.25) is 0 Å². The van der Waals surface area contributed by atoms with E-state index >= 15 is 0 Å². The van der Waals surface area contributed by atoms with Gasteiger partial charge in [-0.3, -0.25) is 0 Å². The molecule has 0 aliphatic heterocycles. The summed E-state index contributed by atoms with van der Waals surface area (Å²) in [6.07, 6.45) is 0. The molecule has 0 heterocycles. The van der Waals surface area contributed by atoms with Gasteiger partial charge in [-0.05, 0) is 45.6 Å². The second-order valence-corrected chi connectivity index (χ2v) is 4.35. The van der Waals surface area contributed by atoms with Crippen LogP contribution in [0.2, 0.25) is 0 Å². The summed E-state index contributed by atoms with van der Waals surface area (Å²) in [5.41, 5.74) is 2.75. The van der Waals surface area contributed by atoms with Gasteiger partial charge in [0.25, 0.3) is 0 Å². The molecule has 1 atom stereocenters. The highest BCUT2D eigenvalue weighted by Crippen LogP contribution is 2.16. The smallest absolute Gasteiger partial charge is 0.101 e. The minimum absolute atomic E-state index is 0.438. The Balaban J connectivity index is 2.71. The minimum atomic E-state index is 0.438. The number of nitrogens with zero attached hydrogens (tertiary/aromatic N) is 2. The molecule has 1 aromatic carbocycles. The molecule has 3 nitrogen and oxygen atoms in total. The minimum Gasteiger partial charge on any atom is -0.382 e. The maximum absolute atomic E-state index is 9.02. The predicted octanol–water partition coefficient (Wildman–Crippen LogP) is 2.23. The van der Waals surface area contributed by atoms with Crippen LogP contribution < -0.4 is 5.32 Å². The van der Waals surface area contributed by atoms with Crippen molar-refractivity contribution < 1.29 is 0 Å². The van der Waals surface area contributed by atoms with Gasteiger partial charge in [-0.15, -0.1) is 0 Å². The third kappa shape index (κ3) is 3.25. The predicted molar refractivity (Wildman–Crippen MR) is 67.5 cm³/mol. The number of nitriles is 1. The van der Waals surface area contributed by atoms with Gasteiger partial charge in [-0.1, -0.05) is 6.07 Å². The summed E-state index contributed by atoms with van der Waals surface area (Å²) in [4.78, 5) is 2.15. The van der Waals surface area contributed by atoms with E-state index in [1.54, 1.807) is 0 Å². The van der Waals surface area contributed by atoms with Gasteiger partial charge in [0.15, 0.2) is 0 Å². The fourth-order valence-corrected chi connectivity index (χ4v) is 1.34. The Morgan fingerprint density at radius 1 is 1.44 bits per heavy atom. The third-order valence-corrected chi connectivity index (χ3v) is 2.76. The number of nitrogens with one attached hydrogen (secondary N) is 1. The quantitative estimate of drug-likeness (QED) is 0.840. The second-order valence-electron chi connectivity index (χ2n) is 4.35. The molecule has 0 radical (unpaired) electrons. The molecule has 0 fully saturated rings. The highest BCUT2D eigenvalue weighted by atomic mass is 15.1. The van der Waals surface area contributed by atoms with Gasteiger partial charge in [0.05, 0.1) is 11.3 Å². The van der Waals surface area contributed by atoms with Crippen molar-refractivity contribution in [2.24, 2.45) is 0 Å². The number of hydrogen-bond acceptors (Lipinski definition) is 3. The van der Waals surface area contributed by atoms with Gasteiger partial charge in [0.1, 0.15) is 6.07 Å². The summed E-state index contributed by atoms with van der Waals surface area (Å²) in [5, 5.41) is 12.3. The Labute approximate surface area is 97.7 Å². The molecule has 0 saturated heterocycles. The molecule has 0 bridgehead atoms. The lowest BCUT2D eigenvalue weighted by Gasteiger charge is -2.21. The van der Waals surface area contributed by atoms with Crippen LogP contribution in [0, 0.1) is 18.3 Å². The molecular formula is C13H19N3. The van der Waals surface area contributed by atoms with Crippen LogP contribution in [0.4, 0.5) is 5.69 Å². The first kappa shape index (κ1) is 12.5. The monoisotopic (exact) mass is 217 g/mol. The van der Waals surface area contributed by atoms with Gasteiger partial charge >= 0.3 is 0 Å². The van der Waals surface area contributed by atoms with Crippen molar-refractivity contribution in [2.75, 3.05) is 26.0 Å². The maximum Gasteiger partial charge on any atom is 0.101 e. The first-order valence-corrected chi connectivity index (χ1v) is 5.45. The van der Waals surface area contributed by atoms with E-state index < -0.39 is 0 Å². The molecule has 1 N–H and O–H groups in total. The van der Waals surface area contributed by atoms with Crippen molar-refractivity contribution in [3.63, 3.8) is 0 Å². The zero-order valence-corrected chi connectivity index (χ0v) is 10.4. The molecule has 0 amide bonds. The summed E-state index contributed by atoms with van der Waals surface area (Å²) < 4.78 is 0. The zero-order chi connectivity index (χ0) is 12.1. The first-order chi connectivity index (χ1) is 7.54. The van der Waals surface area contributed by atoms with Crippen LogP contribution in [0.1, 0.15) is 18.1 Å². The standard InChI is InChI=1S/C13H19N3/c1-10-5-6-13(12(7-10)8-14)15-9-11(2)16(3)4/h5-7,11,15H,9H2,1-4H3. The lowest BCUT2D eigenvalue weighted by Crippen LogP contribution is -2.31. The summed E-state index contributed by atoms with van der Waals surface area (Å²) in [6.45, 7) is 4.98. The first-order valence-electron chi connectivity index (χ1n) is 5.45. The van der Waals surface area contributed by atoms with Crippen LogP contribution in [-0.4, -0.2) is 31.6 Å². The van der Waals surface area contributed by atoms with Gasteiger partial charge < -0.3 is 10.2 Å². The van der Waals surface area contributed by atoms with Gasteiger partial charge in [-0.2, -0.15) is 5.26 Å². The van der Waals surface area contributed by atoms with Crippen LogP contribution in [0.5, 0.6) is 0 Å². The van der Waals surface area contributed by atoms with Crippen molar-refractivity contribution in [1.29, 1.82) is 5.26 Å². The number of benzene rings is 1. The van der Waals surface area contributed by atoms with Crippen molar-refractivity contribution in [3.05, 3.63) is 29.3 Å². The maximum atomic E-state index is 9.02. The second kappa shape index (κ2) is 5.53. The van der Waals surface area contributed by atoms with Crippen molar-refractivity contribution in [1.82, 2.24) is 4.90 Å². The Kier molecular flexibility index (Phi) is 4.33. The molecule has 0 aromatic heterocycles. The highest BCUT2D eigenvalue weighted by molar-refractivity contribution is 5.58. The Hall–Kier alpha value is -1.53. The largest absolute Gasteiger partial charge is 0.382 e. The summed E-state index contributed by atoms with van der Waals surface area (Å²) in [6, 6.07) is 8.54. The van der Waals surface area contributed by atoms with Crippen LogP contribution in [0.15, 0.2) is 18.2 Å². The summed E-state index contributed by atoms with van der Waals surface area (Å²) in [5.74, 6) is 0. The summed E-state index contributed by atoms with van der Waals surface area (Å²) >= 11 is 0. The van der Waals surface area contributed by atoms with E-state index in [9.17, 15) is 0 Å². The third-order valence-electron chi connectivity index (χ3n) is 2.76. The lowest BCUT2D eigenvalue weighted by molar-refractivity contribution is 0.326. The fourth-order valence-electron chi connectivity index (χ4n) is 1.34. The lowest BCUT2D eigenvalue weighted by atomic mass is 10.1. The van der Waals surface area contributed by atoms with Crippen LogP contribution in [0.3, 0.4) is 0 Å². The van der Waals surface area contributed by atoms with E-state index in [0.29, 0.717) is 11.6 Å². The zero-order valence-electron chi connectivity index (χ0n) is 10.4. The van der Waals surface area contributed by atoms with E-state index in [1.807, 2.05) is 39.2 Å². The van der Waals surface area contributed by atoms with E-state index in [2.05, 4.69) is 23.2 Å². The van der Waals surface area contributed by atoms with Crippen molar-refractivity contribution >= 4 is 5.69 Å². The topological polar surface area (TPSA) is 39.1 Å². The van der Waals surface area contributed by atoms with Gasteiger partial charge in [0, 0.05) is 12.6 Å². The van der Waals surface area contributed by atoms with Crippen LogP contribution in [0.25, 0.3) is 0 Å². The Bertz CT molecular complexity index is 391. The molecule has 1 aromatic rings. The summed E-state index contributed by atoms with van der Waals surface area (Å²) in [7, 11) is 4.10. The molecule has 0 saturated carbocycles. The molecule has 1 unspecified atom stereocenters. The number of likely N-dealkylation sites (N-methyl/N-ethyl adjacent to an activating group) is 1. The molecule has 3 heteroatoms. The molecular weight excluding hydrogens is 198 g/mol. The van der Waals surface area contributed by atoms with Crippen molar-refractivity contribution in [3.8, 4) is 6.07 Å². The van der Waals surface area contributed by atoms with Crippen LogP contribution in [-0.2, 0) is 0 Å². The number of hydrogen-bond donors (Lipinski definition) is 1. The van der Waals surface area contributed by atoms with E-state index in [1.165, 1.54) is 0 Å². The van der Waals surface area contributed by atoms with E-state index in [-0.39, 0.29) is 0 Å². The average molecular weight is 217 g/mol. The van der Waals surface area contributed by atoms with Gasteiger partial charge in [-0.25, -0.2) is 0 Å². The van der Waals surface area contributed by atoms with Crippen molar-refractivity contribution in [2.45, 2.75) is 19.9 Å². The number of anilines is 1. The highest BCUT2D eigenvalue weighted by Gasteiger charge is 2.06. The molecule has 0 spiro atoms. The number of aryl methyl sites for hydroxylation is 1. The molecule has 16 heavy (non-hydrogen) atoms.